The maximum atomic E-state index is 13.2. The van der Waals surface area contributed by atoms with Crippen LogP contribution < -0.4 is 9.47 Å². The van der Waals surface area contributed by atoms with E-state index in [0.717, 1.165) is 34.0 Å². The molecule has 0 unspecified atom stereocenters. The van der Waals surface area contributed by atoms with Gasteiger partial charge in [0.2, 0.25) is 0 Å². The van der Waals surface area contributed by atoms with Crippen molar-refractivity contribution < 1.29 is 13.9 Å². The van der Waals surface area contributed by atoms with Crippen molar-refractivity contribution in [3.05, 3.63) is 60.0 Å². The van der Waals surface area contributed by atoms with Crippen molar-refractivity contribution in [3.8, 4) is 28.4 Å². The molecule has 1 aliphatic heterocycles. The van der Waals surface area contributed by atoms with Crippen LogP contribution in [0.4, 0.5) is 4.39 Å². The van der Waals surface area contributed by atoms with Crippen molar-refractivity contribution in [1.29, 1.82) is 0 Å². The van der Waals surface area contributed by atoms with E-state index in [1.807, 2.05) is 38.2 Å². The molecule has 0 N–H and O–H groups in total. The second-order valence-electron chi connectivity index (χ2n) is 6.29. The summed E-state index contributed by atoms with van der Waals surface area (Å²) in [6.07, 6.45) is 1.94. The molecule has 0 spiro atoms. The Morgan fingerprint density at radius 1 is 1.12 bits per heavy atom. The molecule has 1 aromatic heterocycles. The smallest absolute Gasteiger partial charge is 0.133 e. The lowest BCUT2D eigenvalue weighted by Crippen LogP contribution is -2.28. The molecule has 0 amide bonds. The number of rotatable bonds is 2. The van der Waals surface area contributed by atoms with E-state index in [2.05, 4.69) is 0 Å². The molecule has 0 saturated carbocycles. The fourth-order valence-electron chi connectivity index (χ4n) is 2.98. The minimum atomic E-state index is -0.521. The molecule has 122 valence electrons. The van der Waals surface area contributed by atoms with Crippen molar-refractivity contribution in [1.82, 2.24) is 9.78 Å². The summed E-state index contributed by atoms with van der Waals surface area (Å²) in [6, 6.07) is 12.0. The van der Waals surface area contributed by atoms with Crippen LogP contribution in [0, 0.1) is 5.82 Å². The van der Waals surface area contributed by atoms with Gasteiger partial charge < -0.3 is 9.47 Å². The second-order valence-corrected chi connectivity index (χ2v) is 6.29. The maximum Gasteiger partial charge on any atom is 0.133 e. The van der Waals surface area contributed by atoms with Crippen LogP contribution in [-0.4, -0.2) is 16.9 Å². The van der Waals surface area contributed by atoms with Gasteiger partial charge in [0.15, 0.2) is 0 Å². The van der Waals surface area contributed by atoms with Crippen LogP contribution in [-0.2, 0) is 5.60 Å². The molecule has 4 nitrogen and oxygen atoms in total. The summed E-state index contributed by atoms with van der Waals surface area (Å²) in [5.74, 6) is 1.22. The van der Waals surface area contributed by atoms with Crippen LogP contribution in [0.3, 0.4) is 0 Å². The molecular weight excluding hydrogens is 307 g/mol. The molecule has 3 aromatic rings. The average molecular weight is 324 g/mol. The van der Waals surface area contributed by atoms with Gasteiger partial charge in [0, 0.05) is 23.4 Å². The molecule has 24 heavy (non-hydrogen) atoms. The fourth-order valence-corrected chi connectivity index (χ4v) is 2.98. The number of hydrogen-bond acceptors (Lipinski definition) is 3. The largest absolute Gasteiger partial charge is 0.497 e. The topological polar surface area (TPSA) is 36.3 Å². The maximum absolute atomic E-state index is 13.2. The Bertz CT molecular complexity index is 914. The van der Waals surface area contributed by atoms with E-state index in [-0.39, 0.29) is 5.82 Å². The molecular formula is C19H17FN2O2. The van der Waals surface area contributed by atoms with Gasteiger partial charge in [-0.2, -0.15) is 5.10 Å². The first-order valence-electron chi connectivity index (χ1n) is 7.71. The third kappa shape index (κ3) is 2.24. The standard InChI is InChI=1S/C19H17FN2O2/c1-19(2)16-11-22(13-6-4-12(20)5-7-13)21-18(16)15-9-8-14(23-3)10-17(15)24-19/h4-11H,1-3H3. The highest BCUT2D eigenvalue weighted by molar-refractivity contribution is 5.74. The second kappa shape index (κ2) is 5.09. The van der Waals surface area contributed by atoms with Crippen LogP contribution in [0.1, 0.15) is 19.4 Å². The van der Waals surface area contributed by atoms with E-state index in [4.69, 9.17) is 14.6 Å². The zero-order valence-corrected chi connectivity index (χ0v) is 13.7. The Kier molecular flexibility index (Phi) is 3.13. The Balaban J connectivity index is 1.88. The summed E-state index contributed by atoms with van der Waals surface area (Å²) < 4.78 is 26.4. The molecule has 4 rings (SSSR count). The number of fused-ring (bicyclic) bond motifs is 3. The van der Waals surface area contributed by atoms with E-state index >= 15 is 0 Å². The van der Waals surface area contributed by atoms with Gasteiger partial charge in [0.1, 0.15) is 28.6 Å². The first-order chi connectivity index (χ1) is 11.5. The van der Waals surface area contributed by atoms with Gasteiger partial charge in [0.25, 0.3) is 0 Å². The van der Waals surface area contributed by atoms with Crippen LogP contribution in [0.5, 0.6) is 11.5 Å². The minimum absolute atomic E-state index is 0.267. The molecule has 0 bridgehead atoms. The number of halogens is 1. The lowest BCUT2D eigenvalue weighted by atomic mass is 9.92. The van der Waals surface area contributed by atoms with Gasteiger partial charge in [0.05, 0.1) is 12.8 Å². The summed E-state index contributed by atoms with van der Waals surface area (Å²) in [5.41, 5.74) is 3.06. The van der Waals surface area contributed by atoms with Gasteiger partial charge in [-0.1, -0.05) is 0 Å². The predicted octanol–water partition coefficient (Wildman–Crippen LogP) is 4.31. The highest BCUT2D eigenvalue weighted by Crippen LogP contribution is 2.45. The number of ether oxygens (including phenoxy) is 2. The first kappa shape index (κ1) is 14.8. The Morgan fingerprint density at radius 3 is 2.58 bits per heavy atom. The Morgan fingerprint density at radius 2 is 1.88 bits per heavy atom. The van der Waals surface area contributed by atoms with Crippen molar-refractivity contribution >= 4 is 0 Å². The lowest BCUT2D eigenvalue weighted by Gasteiger charge is -2.32. The van der Waals surface area contributed by atoms with Gasteiger partial charge >= 0.3 is 0 Å². The number of nitrogens with zero attached hydrogens (tertiary/aromatic N) is 2. The van der Waals surface area contributed by atoms with Crippen LogP contribution >= 0.6 is 0 Å². The van der Waals surface area contributed by atoms with Crippen LogP contribution in [0.25, 0.3) is 16.9 Å². The number of aromatic nitrogens is 2. The lowest BCUT2D eigenvalue weighted by molar-refractivity contribution is 0.105. The first-order valence-corrected chi connectivity index (χ1v) is 7.71. The quantitative estimate of drug-likeness (QED) is 0.704. The Labute approximate surface area is 139 Å². The molecule has 0 saturated heterocycles. The van der Waals surface area contributed by atoms with E-state index in [1.54, 1.807) is 23.9 Å². The van der Waals surface area contributed by atoms with Crippen LogP contribution in [0.15, 0.2) is 48.7 Å². The third-order valence-corrected chi connectivity index (χ3v) is 4.26. The molecule has 2 aromatic carbocycles. The summed E-state index contributed by atoms with van der Waals surface area (Å²) >= 11 is 0. The zero-order chi connectivity index (χ0) is 16.9. The van der Waals surface area contributed by atoms with Gasteiger partial charge in [-0.3, -0.25) is 0 Å². The number of methoxy groups -OCH3 is 1. The van der Waals surface area contributed by atoms with E-state index in [0.29, 0.717) is 0 Å². The minimum Gasteiger partial charge on any atom is -0.497 e. The Hall–Kier alpha value is -2.82. The molecule has 0 radical (unpaired) electrons. The SMILES string of the molecule is COc1ccc2c(c1)OC(C)(C)c1cn(-c3ccc(F)cc3)nc1-2. The van der Waals surface area contributed by atoms with Gasteiger partial charge in [-0.15, -0.1) is 0 Å². The summed E-state index contributed by atoms with van der Waals surface area (Å²) in [7, 11) is 1.63. The fraction of sp³-hybridized carbons (Fsp3) is 0.211. The highest BCUT2D eigenvalue weighted by atomic mass is 19.1. The van der Waals surface area contributed by atoms with Crippen molar-refractivity contribution in [3.63, 3.8) is 0 Å². The van der Waals surface area contributed by atoms with Gasteiger partial charge in [-0.05, 0) is 50.2 Å². The number of benzene rings is 2. The average Bonchev–Trinajstić information content (AvgIpc) is 3.01. The summed E-state index contributed by atoms with van der Waals surface area (Å²) in [5, 5.41) is 4.72. The van der Waals surface area contributed by atoms with Crippen molar-refractivity contribution in [2.75, 3.05) is 7.11 Å². The third-order valence-electron chi connectivity index (χ3n) is 4.26. The summed E-state index contributed by atoms with van der Waals surface area (Å²) in [4.78, 5) is 0. The molecule has 1 aliphatic rings. The van der Waals surface area contributed by atoms with E-state index in [9.17, 15) is 4.39 Å². The van der Waals surface area contributed by atoms with E-state index in [1.165, 1.54) is 12.1 Å². The zero-order valence-electron chi connectivity index (χ0n) is 13.7. The summed E-state index contributed by atoms with van der Waals surface area (Å²) in [6.45, 7) is 4.01. The molecule has 5 heteroatoms. The normalized spacial score (nSPS) is 14.5. The molecule has 0 fully saturated rings. The monoisotopic (exact) mass is 324 g/mol. The predicted molar refractivity (Wildman–Crippen MR) is 89.2 cm³/mol. The molecule has 2 heterocycles. The molecule has 0 atom stereocenters. The van der Waals surface area contributed by atoms with E-state index < -0.39 is 5.60 Å². The van der Waals surface area contributed by atoms with Crippen molar-refractivity contribution in [2.45, 2.75) is 19.4 Å². The van der Waals surface area contributed by atoms with Crippen molar-refractivity contribution in [2.24, 2.45) is 0 Å². The van der Waals surface area contributed by atoms with Crippen LogP contribution in [0.2, 0.25) is 0 Å². The highest BCUT2D eigenvalue weighted by Gasteiger charge is 2.35. The number of hydrogen-bond donors (Lipinski definition) is 0. The molecule has 0 aliphatic carbocycles. The van der Waals surface area contributed by atoms with Gasteiger partial charge in [-0.25, -0.2) is 9.07 Å².